The molecule has 6 atom stereocenters. The Kier molecular flexibility index (Phi) is 11.4. The van der Waals surface area contributed by atoms with Gasteiger partial charge in [0.2, 0.25) is 0 Å². The molecule has 4 nitrogen and oxygen atoms in total. The maximum atomic E-state index is 5.64. The molecule has 7 aliphatic carbocycles. The van der Waals surface area contributed by atoms with Gasteiger partial charge < -0.3 is 9.88 Å². The van der Waals surface area contributed by atoms with Gasteiger partial charge in [-0.1, -0.05) is 147 Å². The van der Waals surface area contributed by atoms with Gasteiger partial charge in [-0.25, -0.2) is 4.99 Å². The van der Waals surface area contributed by atoms with Crippen LogP contribution in [-0.2, 0) is 0 Å². The van der Waals surface area contributed by atoms with E-state index in [1.54, 1.807) is 5.56 Å². The Bertz CT molecular complexity index is 3290. The first-order valence-corrected chi connectivity index (χ1v) is 26.9. The van der Waals surface area contributed by atoms with Gasteiger partial charge in [0, 0.05) is 49.2 Å². The zero-order chi connectivity index (χ0) is 45.8. The van der Waals surface area contributed by atoms with E-state index in [0.29, 0.717) is 23.0 Å². The molecule has 2 aliphatic heterocycles. The van der Waals surface area contributed by atoms with Crippen LogP contribution in [-0.4, -0.2) is 28.0 Å². The van der Waals surface area contributed by atoms with Crippen molar-refractivity contribution in [1.29, 1.82) is 0 Å². The van der Waals surface area contributed by atoms with Crippen LogP contribution < -0.4 is 21.2 Å². The maximum absolute atomic E-state index is 5.64. The van der Waals surface area contributed by atoms with Crippen molar-refractivity contribution in [1.82, 2.24) is 15.2 Å². The standard InChI is InChI=1S/C64H62N4S/c1-41-27-31-52-57(37-41)68(49-25-15-6-16-26-49)56-35-36-58-61(60(52)56)53-34-30-48(40-59(53)69-58)51-33-29-47(46-28-32-50(42-17-7-2-8-18-42)54(38-46)43-19-9-3-10-20-43)39-55(51)64-66-62(44-21-11-4-12-22-44)65-63(67-64)45-23-13-5-14-24-45/h2,4,6-9,11-13,15,17,19-25,28,31-32,35-42,53,59,63-64,67H,3,5,10,14,16,18,26-27,29-30,33-34H2,1H3,(H,65,66). The van der Waals surface area contributed by atoms with Gasteiger partial charge in [0.25, 0.3) is 0 Å². The molecule has 0 radical (unpaired) electrons. The fourth-order valence-electron chi connectivity index (χ4n) is 12.7. The number of rotatable bonds is 8. The molecule has 3 heterocycles. The minimum Gasteiger partial charge on any atom is -0.350 e. The van der Waals surface area contributed by atoms with E-state index in [1.165, 1.54) is 82.2 Å². The number of hydrogen-bond acceptors (Lipinski definition) is 4. The van der Waals surface area contributed by atoms with Gasteiger partial charge >= 0.3 is 0 Å². The molecule has 0 saturated carbocycles. The number of amidine groups is 1. The summed E-state index contributed by atoms with van der Waals surface area (Å²) in [7, 11) is 0. The smallest absolute Gasteiger partial charge is 0.131 e. The van der Waals surface area contributed by atoms with Gasteiger partial charge in [-0.2, -0.15) is 0 Å². The van der Waals surface area contributed by atoms with E-state index in [1.807, 2.05) is 0 Å². The molecule has 0 bridgehead atoms. The van der Waals surface area contributed by atoms with Crippen molar-refractivity contribution in [2.75, 3.05) is 0 Å². The number of fused-ring (bicyclic) bond motifs is 7. The Morgan fingerprint density at radius 1 is 0.754 bits per heavy atom. The summed E-state index contributed by atoms with van der Waals surface area (Å²) in [5, 5.41) is 12.7. The summed E-state index contributed by atoms with van der Waals surface area (Å²) in [6.07, 6.45) is 53.3. The van der Waals surface area contributed by atoms with E-state index in [2.05, 4.69) is 198 Å². The van der Waals surface area contributed by atoms with Crippen LogP contribution in [0.2, 0.25) is 0 Å². The van der Waals surface area contributed by atoms with Crippen LogP contribution in [0.15, 0.2) is 184 Å². The molecule has 6 unspecified atom stereocenters. The normalized spacial score (nSPS) is 26.9. The third kappa shape index (κ3) is 7.96. The molecule has 0 amide bonds. The molecule has 3 aromatic carbocycles. The fourth-order valence-corrected chi connectivity index (χ4v) is 14.2. The van der Waals surface area contributed by atoms with Crippen LogP contribution in [0.5, 0.6) is 0 Å². The molecule has 0 saturated heterocycles. The van der Waals surface area contributed by atoms with Crippen molar-refractivity contribution in [2.24, 2.45) is 10.9 Å². The number of thioether (sulfide) groups is 1. The molecular weight excluding hydrogens is 857 g/mol. The molecule has 344 valence electrons. The van der Waals surface area contributed by atoms with E-state index >= 15 is 0 Å². The second kappa shape index (κ2) is 18.3. The van der Waals surface area contributed by atoms with E-state index in [4.69, 9.17) is 4.99 Å². The van der Waals surface area contributed by atoms with Gasteiger partial charge in [0.1, 0.15) is 18.2 Å². The van der Waals surface area contributed by atoms with Crippen LogP contribution in [0.25, 0.3) is 39.9 Å². The molecular formula is C64H62N4S. The highest BCUT2D eigenvalue weighted by atomic mass is 32.2. The molecule has 13 rings (SSSR count). The van der Waals surface area contributed by atoms with Crippen molar-refractivity contribution in [3.63, 3.8) is 0 Å². The quantitative estimate of drug-likeness (QED) is 0.185. The Morgan fingerprint density at radius 3 is 2.49 bits per heavy atom. The monoisotopic (exact) mass is 918 g/mol. The molecule has 0 fully saturated rings. The SMILES string of the molecule is CC1C=c2c(c3c4c(ccc3n2C2=CC=CCC2)SC2C=C(C3=C(C5N=C(c6ccccc6)NC(C6=CCCC=C6)N5)C=C(c5ccc(C6C=CC=CC6)c(C6=CCCC=C6)c5)CC3)CCC42)=CC1. The van der Waals surface area contributed by atoms with Crippen molar-refractivity contribution in [2.45, 2.75) is 118 Å². The van der Waals surface area contributed by atoms with E-state index in [0.717, 1.165) is 88.4 Å². The van der Waals surface area contributed by atoms with Crippen LogP contribution in [0.1, 0.15) is 124 Å². The van der Waals surface area contributed by atoms with Gasteiger partial charge in [-0.3, -0.25) is 5.32 Å². The van der Waals surface area contributed by atoms with Crippen molar-refractivity contribution < 1.29 is 0 Å². The Morgan fingerprint density at radius 2 is 1.67 bits per heavy atom. The first-order valence-electron chi connectivity index (χ1n) is 26.1. The Hall–Kier alpha value is -6.14. The lowest BCUT2D eigenvalue weighted by molar-refractivity contribution is 0.465. The summed E-state index contributed by atoms with van der Waals surface area (Å²) in [6.45, 7) is 2.37. The highest BCUT2D eigenvalue weighted by Crippen LogP contribution is 2.54. The highest BCUT2D eigenvalue weighted by molar-refractivity contribution is 8.00. The van der Waals surface area contributed by atoms with E-state index in [9.17, 15) is 0 Å². The zero-order valence-electron chi connectivity index (χ0n) is 39.8. The third-order valence-electron chi connectivity index (χ3n) is 16.1. The van der Waals surface area contributed by atoms with Crippen LogP contribution in [0.4, 0.5) is 0 Å². The van der Waals surface area contributed by atoms with Crippen molar-refractivity contribution in [3.05, 3.63) is 212 Å². The van der Waals surface area contributed by atoms with E-state index < -0.39 is 0 Å². The first-order chi connectivity index (χ1) is 34.1. The summed E-state index contributed by atoms with van der Waals surface area (Å²) in [5.41, 5.74) is 18.1. The minimum absolute atomic E-state index is 0.0528. The first kappa shape index (κ1) is 42.9. The Labute approximate surface area is 412 Å². The second-order valence-electron chi connectivity index (χ2n) is 20.5. The number of aromatic nitrogens is 1. The van der Waals surface area contributed by atoms with Crippen molar-refractivity contribution >= 4 is 57.5 Å². The number of allylic oxidation sites excluding steroid dienone is 17. The molecule has 2 N–H and O–H groups in total. The number of nitrogens with one attached hydrogen (secondary N) is 2. The zero-order valence-corrected chi connectivity index (χ0v) is 40.7. The molecule has 1 aromatic heterocycles. The maximum Gasteiger partial charge on any atom is 0.131 e. The molecule has 9 aliphatic rings. The molecule has 4 aromatic rings. The van der Waals surface area contributed by atoms with Crippen LogP contribution in [0, 0.1) is 5.92 Å². The summed E-state index contributed by atoms with van der Waals surface area (Å²) in [6, 6.07) is 23.0. The number of benzene rings is 3. The predicted molar refractivity (Wildman–Crippen MR) is 292 cm³/mol. The number of aliphatic imine (C=N–C) groups is 1. The number of nitrogens with zero attached hydrogens (tertiary/aromatic N) is 2. The van der Waals surface area contributed by atoms with Crippen molar-refractivity contribution in [3.8, 4) is 0 Å². The fraction of sp³-hybridized carbons (Fsp3) is 0.297. The average Bonchev–Trinajstić information content (AvgIpc) is 3.96. The largest absolute Gasteiger partial charge is 0.350 e. The molecule has 5 heteroatoms. The van der Waals surface area contributed by atoms with Gasteiger partial charge in [0.05, 0.1) is 5.52 Å². The highest BCUT2D eigenvalue weighted by Gasteiger charge is 2.39. The lowest BCUT2D eigenvalue weighted by atomic mass is 9.76. The van der Waals surface area contributed by atoms with Gasteiger partial charge in [0.15, 0.2) is 0 Å². The van der Waals surface area contributed by atoms with Crippen LogP contribution >= 0.6 is 11.8 Å². The lowest BCUT2D eigenvalue weighted by Gasteiger charge is -2.36. The minimum atomic E-state index is -0.217. The van der Waals surface area contributed by atoms with Crippen LogP contribution in [0.3, 0.4) is 0 Å². The second-order valence-corrected chi connectivity index (χ2v) is 21.7. The topological polar surface area (TPSA) is 41.4 Å². The molecule has 69 heavy (non-hydrogen) atoms. The number of hydrogen-bond donors (Lipinski definition) is 2. The van der Waals surface area contributed by atoms with Gasteiger partial charge in [-0.05, 0) is 163 Å². The van der Waals surface area contributed by atoms with E-state index in [-0.39, 0.29) is 12.3 Å². The molecule has 0 spiro atoms. The summed E-state index contributed by atoms with van der Waals surface area (Å²) >= 11 is 2.12. The summed E-state index contributed by atoms with van der Waals surface area (Å²) < 4.78 is 2.62. The Balaban J connectivity index is 0.936. The predicted octanol–water partition coefficient (Wildman–Crippen LogP) is 13.8. The summed E-state index contributed by atoms with van der Waals surface area (Å²) in [5.74, 6) is 2.38. The summed E-state index contributed by atoms with van der Waals surface area (Å²) in [4.78, 5) is 7.12. The lowest BCUT2D eigenvalue weighted by Crippen LogP contribution is -2.55. The average molecular weight is 919 g/mol. The third-order valence-corrected chi connectivity index (χ3v) is 17.5. The van der Waals surface area contributed by atoms with Gasteiger partial charge in [-0.15, -0.1) is 11.8 Å².